The zero-order valence-electron chi connectivity index (χ0n) is 6.90. The number of aromatic carboxylic acids is 1. The van der Waals surface area contributed by atoms with Gasteiger partial charge in [0.25, 0.3) is 0 Å². The average molecular weight is 186 g/mol. The molecule has 4 nitrogen and oxygen atoms in total. The van der Waals surface area contributed by atoms with Crippen LogP contribution in [0.1, 0.15) is 23.1 Å². The molecular weight excluding hydrogens is 176 g/mol. The zero-order chi connectivity index (χ0) is 9.30. The number of hydrogen-bond acceptors (Lipinski definition) is 3. The molecule has 0 bridgehead atoms. The van der Waals surface area contributed by atoms with Gasteiger partial charge in [0.2, 0.25) is 0 Å². The van der Waals surface area contributed by atoms with Gasteiger partial charge in [-0.05, 0) is 13.8 Å². The molecule has 0 aliphatic heterocycles. The molecule has 0 spiro atoms. The van der Waals surface area contributed by atoms with E-state index in [9.17, 15) is 4.79 Å². The number of carboxylic acid groups (broad SMARTS) is 1. The number of rotatable bonds is 2. The lowest BCUT2D eigenvalue weighted by Crippen LogP contribution is -2.08. The van der Waals surface area contributed by atoms with Crippen molar-refractivity contribution < 1.29 is 9.90 Å². The first-order valence-electron chi connectivity index (χ1n) is 3.57. The Morgan fingerprint density at radius 3 is 2.67 bits per heavy atom. The van der Waals surface area contributed by atoms with E-state index in [1.54, 1.807) is 6.92 Å². The van der Waals surface area contributed by atoms with Crippen LogP contribution in [0.25, 0.3) is 0 Å². The molecule has 12 heavy (non-hydrogen) atoms. The van der Waals surface area contributed by atoms with Crippen LogP contribution in [0.2, 0.25) is 0 Å². The molecule has 0 aliphatic rings. The molecule has 66 valence electrons. The van der Waals surface area contributed by atoms with Crippen molar-refractivity contribution >= 4 is 18.6 Å². The lowest BCUT2D eigenvalue weighted by atomic mass is 10.3. The fourth-order valence-electron chi connectivity index (χ4n) is 1.01. The highest BCUT2D eigenvalue weighted by Crippen LogP contribution is 2.17. The van der Waals surface area contributed by atoms with Crippen molar-refractivity contribution in [1.29, 1.82) is 0 Å². The van der Waals surface area contributed by atoms with Gasteiger partial charge in [0.15, 0.2) is 5.69 Å². The minimum atomic E-state index is -0.984. The fourth-order valence-corrected chi connectivity index (χ4v) is 1.27. The molecule has 1 N–H and O–H groups in total. The Kier molecular flexibility index (Phi) is 2.42. The van der Waals surface area contributed by atoms with Gasteiger partial charge in [0, 0.05) is 6.54 Å². The highest BCUT2D eigenvalue weighted by atomic mass is 32.1. The van der Waals surface area contributed by atoms with Crippen molar-refractivity contribution in [3.8, 4) is 0 Å². The van der Waals surface area contributed by atoms with E-state index in [1.807, 2.05) is 6.92 Å². The van der Waals surface area contributed by atoms with E-state index in [0.29, 0.717) is 17.1 Å². The third-order valence-electron chi connectivity index (χ3n) is 1.60. The Hall–Kier alpha value is -0.970. The first kappa shape index (κ1) is 9.12. The first-order chi connectivity index (χ1) is 5.57. The Labute approximate surface area is 75.6 Å². The molecule has 0 fully saturated rings. The van der Waals surface area contributed by atoms with E-state index in [4.69, 9.17) is 5.11 Å². The molecule has 0 saturated carbocycles. The summed E-state index contributed by atoms with van der Waals surface area (Å²) in [5, 5.41) is 12.8. The minimum Gasteiger partial charge on any atom is -0.476 e. The number of carbonyl (C=O) groups is 1. The van der Waals surface area contributed by atoms with E-state index < -0.39 is 5.97 Å². The van der Waals surface area contributed by atoms with Crippen LogP contribution in [0.4, 0.5) is 0 Å². The molecule has 0 aromatic carbocycles. The van der Waals surface area contributed by atoms with Gasteiger partial charge in [-0.15, -0.1) is 12.6 Å². The zero-order valence-corrected chi connectivity index (χ0v) is 7.80. The van der Waals surface area contributed by atoms with Gasteiger partial charge in [-0.25, -0.2) is 4.79 Å². The molecule has 1 aromatic heterocycles. The standard InChI is InChI=1S/C7H10N2O2S/c1-3-9-5(7(10)11)6(12)4(2)8-9/h12H,3H2,1-2H3,(H,10,11). The quantitative estimate of drug-likeness (QED) is 0.682. The maximum atomic E-state index is 10.7. The smallest absolute Gasteiger partial charge is 0.355 e. The van der Waals surface area contributed by atoms with Gasteiger partial charge < -0.3 is 5.11 Å². The van der Waals surface area contributed by atoms with Crippen molar-refractivity contribution in [2.45, 2.75) is 25.3 Å². The molecule has 0 amide bonds. The summed E-state index contributed by atoms with van der Waals surface area (Å²) < 4.78 is 1.43. The normalized spacial score (nSPS) is 10.2. The summed E-state index contributed by atoms with van der Waals surface area (Å²) in [5.41, 5.74) is 0.816. The summed E-state index contributed by atoms with van der Waals surface area (Å²) in [7, 11) is 0. The van der Waals surface area contributed by atoms with Gasteiger partial charge in [0.1, 0.15) is 0 Å². The average Bonchev–Trinajstić information content (AvgIpc) is 2.28. The lowest BCUT2D eigenvalue weighted by Gasteiger charge is -1.98. The van der Waals surface area contributed by atoms with Crippen molar-refractivity contribution in [1.82, 2.24) is 9.78 Å². The van der Waals surface area contributed by atoms with E-state index in [0.717, 1.165) is 0 Å². The highest BCUT2D eigenvalue weighted by Gasteiger charge is 2.17. The van der Waals surface area contributed by atoms with Crippen LogP contribution in [0, 0.1) is 6.92 Å². The summed E-state index contributed by atoms with van der Waals surface area (Å²) >= 11 is 4.06. The van der Waals surface area contributed by atoms with Crippen LogP contribution >= 0.6 is 12.6 Å². The van der Waals surface area contributed by atoms with Crippen LogP contribution in [-0.2, 0) is 6.54 Å². The Balaban J connectivity index is 3.31. The Morgan fingerprint density at radius 2 is 2.33 bits per heavy atom. The lowest BCUT2D eigenvalue weighted by molar-refractivity contribution is 0.0679. The molecule has 0 saturated heterocycles. The molecule has 0 aliphatic carbocycles. The molecule has 0 radical (unpaired) electrons. The SMILES string of the molecule is CCn1nc(C)c(S)c1C(=O)O. The topological polar surface area (TPSA) is 55.1 Å². The molecule has 5 heteroatoms. The summed E-state index contributed by atoms with van der Waals surface area (Å²) in [6.07, 6.45) is 0. The van der Waals surface area contributed by atoms with Crippen LogP contribution in [-0.4, -0.2) is 20.9 Å². The van der Waals surface area contributed by atoms with Crippen molar-refractivity contribution in [3.63, 3.8) is 0 Å². The number of carboxylic acids is 1. The summed E-state index contributed by atoms with van der Waals surface area (Å²) in [6, 6.07) is 0. The largest absolute Gasteiger partial charge is 0.476 e. The second-order valence-corrected chi connectivity index (χ2v) is 2.85. The Morgan fingerprint density at radius 1 is 1.75 bits per heavy atom. The van der Waals surface area contributed by atoms with Gasteiger partial charge >= 0.3 is 5.97 Å². The fraction of sp³-hybridized carbons (Fsp3) is 0.429. The third kappa shape index (κ3) is 1.32. The van der Waals surface area contributed by atoms with E-state index in [1.165, 1.54) is 4.68 Å². The van der Waals surface area contributed by atoms with E-state index >= 15 is 0 Å². The van der Waals surface area contributed by atoms with Gasteiger partial charge in [-0.1, -0.05) is 0 Å². The molecule has 1 heterocycles. The predicted molar refractivity (Wildman–Crippen MR) is 46.8 cm³/mol. The van der Waals surface area contributed by atoms with E-state index in [2.05, 4.69) is 17.7 Å². The van der Waals surface area contributed by atoms with Crippen LogP contribution in [0.3, 0.4) is 0 Å². The Bertz CT molecular complexity index is 319. The number of aromatic nitrogens is 2. The van der Waals surface area contributed by atoms with Crippen molar-refractivity contribution in [3.05, 3.63) is 11.4 Å². The molecule has 1 aromatic rings. The second kappa shape index (κ2) is 3.18. The van der Waals surface area contributed by atoms with Crippen LogP contribution in [0.5, 0.6) is 0 Å². The highest BCUT2D eigenvalue weighted by molar-refractivity contribution is 7.80. The van der Waals surface area contributed by atoms with Gasteiger partial charge in [0.05, 0.1) is 10.6 Å². The minimum absolute atomic E-state index is 0.165. The van der Waals surface area contributed by atoms with Crippen molar-refractivity contribution in [2.24, 2.45) is 0 Å². The first-order valence-corrected chi connectivity index (χ1v) is 4.02. The van der Waals surface area contributed by atoms with Gasteiger partial charge in [-0.2, -0.15) is 5.10 Å². The van der Waals surface area contributed by atoms with Crippen molar-refractivity contribution in [2.75, 3.05) is 0 Å². The number of aryl methyl sites for hydroxylation is 2. The molecule has 1 rings (SSSR count). The second-order valence-electron chi connectivity index (χ2n) is 2.40. The van der Waals surface area contributed by atoms with Crippen LogP contribution < -0.4 is 0 Å². The third-order valence-corrected chi connectivity index (χ3v) is 2.13. The van der Waals surface area contributed by atoms with E-state index in [-0.39, 0.29) is 5.69 Å². The predicted octanol–water partition coefficient (Wildman–Crippen LogP) is 1.20. The summed E-state index contributed by atoms with van der Waals surface area (Å²) in [5.74, 6) is -0.984. The maximum Gasteiger partial charge on any atom is 0.355 e. The molecule has 0 atom stereocenters. The summed E-state index contributed by atoms with van der Waals surface area (Å²) in [6.45, 7) is 4.12. The molecular formula is C7H10N2O2S. The van der Waals surface area contributed by atoms with Gasteiger partial charge in [-0.3, -0.25) is 4.68 Å². The number of thiol groups is 1. The molecule has 0 unspecified atom stereocenters. The van der Waals surface area contributed by atoms with Crippen LogP contribution in [0.15, 0.2) is 4.90 Å². The number of hydrogen-bond donors (Lipinski definition) is 2. The maximum absolute atomic E-state index is 10.7. The number of nitrogens with zero attached hydrogens (tertiary/aromatic N) is 2. The monoisotopic (exact) mass is 186 g/mol. The summed E-state index contributed by atoms with van der Waals surface area (Å²) in [4.78, 5) is 11.2.